The van der Waals surface area contributed by atoms with E-state index in [0.717, 1.165) is 12.1 Å². The van der Waals surface area contributed by atoms with Gasteiger partial charge in [-0.1, -0.05) is 24.3 Å². The number of ether oxygens (including phenoxy) is 3. The average Bonchev–Trinajstić information content (AvgIpc) is 2.90. The highest BCUT2D eigenvalue weighted by Crippen LogP contribution is 2.36. The maximum absolute atomic E-state index is 12.7. The zero-order valence-electron chi connectivity index (χ0n) is 20.2. The molecule has 0 bridgehead atoms. The molecule has 206 valence electrons. The zero-order chi connectivity index (χ0) is 28.3. The van der Waals surface area contributed by atoms with E-state index in [0.29, 0.717) is 11.1 Å². The Morgan fingerprint density at radius 1 is 0.821 bits per heavy atom. The quantitative estimate of drug-likeness (QED) is 0.121. The van der Waals surface area contributed by atoms with Gasteiger partial charge in [0.15, 0.2) is 23.4 Å². The van der Waals surface area contributed by atoms with Crippen LogP contribution in [-0.2, 0) is 9.47 Å². The molecular weight excluding hydrogens is 516 g/mol. The summed E-state index contributed by atoms with van der Waals surface area (Å²) in [5.74, 6) is -3.52. The molecular formula is C27H26O12. The second-order valence-electron chi connectivity index (χ2n) is 8.74. The molecule has 0 radical (unpaired) electrons. The van der Waals surface area contributed by atoms with Gasteiger partial charge in [-0.3, -0.25) is 0 Å². The summed E-state index contributed by atoms with van der Waals surface area (Å²) in [4.78, 5) is 12.7. The molecule has 1 heterocycles. The molecule has 1 aliphatic rings. The molecule has 3 aromatic carbocycles. The predicted octanol–water partition coefficient (Wildman–Crippen LogP) is 1.43. The number of rotatable bonds is 7. The third-order valence-corrected chi connectivity index (χ3v) is 5.90. The highest BCUT2D eigenvalue weighted by atomic mass is 16.7. The van der Waals surface area contributed by atoms with Gasteiger partial charge < -0.3 is 55.1 Å². The van der Waals surface area contributed by atoms with E-state index in [1.165, 1.54) is 18.2 Å². The normalized spacial score (nSPS) is 23.0. The van der Waals surface area contributed by atoms with Crippen LogP contribution in [0.1, 0.15) is 21.5 Å². The first-order valence-corrected chi connectivity index (χ1v) is 11.6. The molecule has 39 heavy (non-hydrogen) atoms. The summed E-state index contributed by atoms with van der Waals surface area (Å²) < 4.78 is 16.6. The summed E-state index contributed by atoms with van der Waals surface area (Å²) in [6.07, 6.45) is -4.36. The number of aromatic hydroxyl groups is 5. The van der Waals surface area contributed by atoms with E-state index in [2.05, 4.69) is 0 Å². The lowest BCUT2D eigenvalue weighted by atomic mass is 9.99. The summed E-state index contributed by atoms with van der Waals surface area (Å²) in [7, 11) is 0. The Morgan fingerprint density at radius 3 is 2.00 bits per heavy atom. The molecule has 12 heteroatoms. The van der Waals surface area contributed by atoms with Gasteiger partial charge in [0.05, 0.1) is 12.2 Å². The molecule has 5 atom stereocenters. The van der Waals surface area contributed by atoms with E-state index in [-0.39, 0.29) is 22.8 Å². The van der Waals surface area contributed by atoms with Crippen LogP contribution in [0.5, 0.6) is 34.5 Å². The van der Waals surface area contributed by atoms with Crippen molar-refractivity contribution in [2.75, 3.05) is 6.61 Å². The van der Waals surface area contributed by atoms with E-state index >= 15 is 0 Å². The molecule has 1 aliphatic heterocycles. The third kappa shape index (κ3) is 6.33. The number of hydrogen-bond donors (Lipinski definition) is 8. The zero-order valence-corrected chi connectivity index (χ0v) is 20.2. The van der Waals surface area contributed by atoms with Gasteiger partial charge in [0.1, 0.15) is 35.6 Å². The van der Waals surface area contributed by atoms with Crippen molar-refractivity contribution in [2.45, 2.75) is 30.7 Å². The van der Waals surface area contributed by atoms with Crippen molar-refractivity contribution in [3.8, 4) is 34.5 Å². The van der Waals surface area contributed by atoms with E-state index < -0.39 is 60.5 Å². The van der Waals surface area contributed by atoms with Gasteiger partial charge in [0.2, 0.25) is 6.29 Å². The number of hydrogen-bond acceptors (Lipinski definition) is 12. The Labute approximate surface area is 221 Å². The lowest BCUT2D eigenvalue weighted by Crippen LogP contribution is -2.61. The van der Waals surface area contributed by atoms with Crippen LogP contribution in [0.2, 0.25) is 0 Å². The number of esters is 1. The summed E-state index contributed by atoms with van der Waals surface area (Å²) in [5, 5.41) is 78.5. The van der Waals surface area contributed by atoms with Crippen molar-refractivity contribution < 1.29 is 59.9 Å². The summed E-state index contributed by atoms with van der Waals surface area (Å²) in [6, 6.07) is 12.2. The smallest absolute Gasteiger partial charge is 0.339 e. The largest absolute Gasteiger partial charge is 0.508 e. The molecule has 0 saturated carbocycles. The maximum Gasteiger partial charge on any atom is 0.339 e. The van der Waals surface area contributed by atoms with Crippen LogP contribution in [0.15, 0.2) is 54.6 Å². The molecule has 0 aliphatic carbocycles. The second kappa shape index (κ2) is 11.5. The van der Waals surface area contributed by atoms with Gasteiger partial charge in [0.25, 0.3) is 0 Å². The van der Waals surface area contributed by atoms with Gasteiger partial charge in [-0.05, 0) is 47.5 Å². The van der Waals surface area contributed by atoms with Crippen LogP contribution in [0.3, 0.4) is 0 Å². The second-order valence-corrected chi connectivity index (χ2v) is 8.74. The van der Waals surface area contributed by atoms with Crippen molar-refractivity contribution in [2.24, 2.45) is 0 Å². The number of phenols is 5. The lowest BCUT2D eigenvalue weighted by Gasteiger charge is -2.41. The molecule has 0 amide bonds. The molecule has 1 saturated heterocycles. The molecule has 8 N–H and O–H groups in total. The van der Waals surface area contributed by atoms with Gasteiger partial charge in [-0.15, -0.1) is 0 Å². The highest BCUT2D eigenvalue weighted by molar-refractivity contribution is 5.91. The number of carbonyl (C=O) groups is 1. The minimum Gasteiger partial charge on any atom is -0.508 e. The van der Waals surface area contributed by atoms with Crippen molar-refractivity contribution >= 4 is 18.1 Å². The van der Waals surface area contributed by atoms with Crippen LogP contribution in [0.4, 0.5) is 0 Å². The maximum atomic E-state index is 12.7. The molecule has 0 unspecified atom stereocenters. The molecule has 1 fully saturated rings. The van der Waals surface area contributed by atoms with Gasteiger partial charge >= 0.3 is 5.97 Å². The monoisotopic (exact) mass is 542 g/mol. The Bertz CT molecular complexity index is 1310. The minimum absolute atomic E-state index is 0.0892. The number of phenolic OH excluding ortho intramolecular Hbond substituents is 5. The Morgan fingerprint density at radius 2 is 1.41 bits per heavy atom. The fraction of sp³-hybridized carbons (Fsp3) is 0.222. The molecule has 12 nitrogen and oxygen atoms in total. The molecule has 4 rings (SSSR count). The van der Waals surface area contributed by atoms with Crippen LogP contribution >= 0.6 is 0 Å². The number of carbonyl (C=O) groups excluding carboxylic acids is 1. The van der Waals surface area contributed by atoms with Crippen molar-refractivity contribution in [3.63, 3.8) is 0 Å². The molecule has 0 aromatic heterocycles. The standard InChI is InChI=1S/C27H26O12/c28-12-21-23(34)24(35)25(39-26(36)15-9-19(31)22(33)20(32)10-15)27(38-21)37-18-5-3-13(4-6-18)1-2-14-7-16(29)11-17(30)8-14/h1-11,21,23-25,27-35H,12H2/t21-,23-,24+,25-,27+/m1/s1. The fourth-order valence-electron chi connectivity index (χ4n) is 3.89. The number of aliphatic hydroxyl groups excluding tert-OH is 3. The SMILES string of the molecule is O=C(O[C@H]1[C@@H](Oc2ccc(C=Cc3cc(O)cc(O)c3)cc2)O[C@H](CO)[C@@H](O)[C@@H]1O)c1cc(O)c(O)c(O)c1. The summed E-state index contributed by atoms with van der Waals surface area (Å²) in [6.45, 7) is -0.674. The van der Waals surface area contributed by atoms with Gasteiger partial charge in [-0.2, -0.15) is 0 Å². The van der Waals surface area contributed by atoms with Crippen molar-refractivity contribution in [1.82, 2.24) is 0 Å². The number of aliphatic hydroxyl groups is 3. The topological polar surface area (TPSA) is 207 Å². The Kier molecular flexibility index (Phi) is 8.12. The predicted molar refractivity (Wildman–Crippen MR) is 134 cm³/mol. The Hall–Kier alpha value is -4.49. The number of benzene rings is 3. The average molecular weight is 542 g/mol. The summed E-state index contributed by atoms with van der Waals surface area (Å²) in [5.41, 5.74) is 0.906. The lowest BCUT2D eigenvalue weighted by molar-refractivity contribution is -0.276. The van der Waals surface area contributed by atoms with Crippen molar-refractivity contribution in [3.05, 3.63) is 71.3 Å². The highest BCUT2D eigenvalue weighted by Gasteiger charge is 2.48. The van der Waals surface area contributed by atoms with E-state index in [1.807, 2.05) is 0 Å². The summed E-state index contributed by atoms with van der Waals surface area (Å²) >= 11 is 0. The van der Waals surface area contributed by atoms with E-state index in [4.69, 9.17) is 14.2 Å². The van der Waals surface area contributed by atoms with E-state index in [9.17, 15) is 45.6 Å². The third-order valence-electron chi connectivity index (χ3n) is 5.90. The first-order chi connectivity index (χ1) is 18.5. The van der Waals surface area contributed by atoms with Gasteiger partial charge in [0, 0.05) is 6.07 Å². The first kappa shape index (κ1) is 27.5. The van der Waals surface area contributed by atoms with Crippen molar-refractivity contribution in [1.29, 1.82) is 0 Å². The minimum atomic E-state index is -1.75. The van der Waals surface area contributed by atoms with Crippen LogP contribution < -0.4 is 4.74 Å². The molecule has 0 spiro atoms. The van der Waals surface area contributed by atoms with Crippen LogP contribution in [0, 0.1) is 0 Å². The Balaban J connectivity index is 1.51. The fourth-order valence-corrected chi connectivity index (χ4v) is 3.89. The molecule has 3 aromatic rings. The first-order valence-electron chi connectivity index (χ1n) is 11.6. The van der Waals surface area contributed by atoms with Crippen LogP contribution in [-0.4, -0.2) is 84.1 Å². The van der Waals surface area contributed by atoms with E-state index in [1.54, 1.807) is 36.4 Å². The van der Waals surface area contributed by atoms with Crippen LogP contribution in [0.25, 0.3) is 12.2 Å². The van der Waals surface area contributed by atoms with Gasteiger partial charge in [-0.25, -0.2) is 4.79 Å².